The molecule has 3 fully saturated rings. The van der Waals surface area contributed by atoms with Gasteiger partial charge < -0.3 is 25.2 Å². The van der Waals surface area contributed by atoms with E-state index in [0.29, 0.717) is 24.4 Å². The van der Waals surface area contributed by atoms with E-state index in [1.165, 1.54) is 0 Å². The standard InChI is InChI=1S/C21H25NO6/c1-22(9-10-2-3-10)14-8-11-4-5-12(23)16-15(11)21(17(25)19(22)26)18(28-16)13(24)6-7-20(14,21)27/h4-5,10,14,17-19,25-27H,2-3,6-9H2,1H3/p+1/t14-,17-,18+,19?,20-,21-,22-/m1/s1. The summed E-state index contributed by atoms with van der Waals surface area (Å²) >= 11 is 0. The first-order chi connectivity index (χ1) is 13.2. The fourth-order valence-corrected chi connectivity index (χ4v) is 7.02. The molecular weight excluding hydrogens is 362 g/mol. The fourth-order valence-electron chi connectivity index (χ4n) is 7.02. The summed E-state index contributed by atoms with van der Waals surface area (Å²) in [6.07, 6.45) is -0.480. The molecule has 2 aliphatic heterocycles. The van der Waals surface area contributed by atoms with Crippen LogP contribution in [-0.2, 0) is 16.6 Å². The molecule has 2 bridgehead atoms. The highest BCUT2D eigenvalue weighted by atomic mass is 16.5. The molecule has 1 spiro atoms. The number of likely N-dealkylation sites (N-methyl/N-ethyl adjacent to an activating group) is 1. The van der Waals surface area contributed by atoms with Gasteiger partial charge >= 0.3 is 0 Å². The summed E-state index contributed by atoms with van der Waals surface area (Å²) in [6.45, 7) is 0.695. The molecule has 7 heteroatoms. The molecule has 0 aromatic heterocycles. The van der Waals surface area contributed by atoms with E-state index in [9.17, 15) is 25.2 Å². The van der Waals surface area contributed by atoms with Crippen molar-refractivity contribution in [1.82, 2.24) is 0 Å². The van der Waals surface area contributed by atoms with E-state index >= 15 is 0 Å². The first kappa shape index (κ1) is 17.2. The molecule has 3 aliphatic carbocycles. The lowest BCUT2D eigenvalue weighted by molar-refractivity contribution is -0.996. The number of aliphatic hydroxyl groups excluding tert-OH is 2. The van der Waals surface area contributed by atoms with E-state index in [0.717, 1.165) is 18.4 Å². The topological polar surface area (TPSA) is 107 Å². The molecule has 5 aliphatic rings. The van der Waals surface area contributed by atoms with Gasteiger partial charge in [-0.15, -0.1) is 0 Å². The van der Waals surface area contributed by atoms with Crippen molar-refractivity contribution in [3.8, 4) is 11.5 Å². The van der Waals surface area contributed by atoms with E-state index in [2.05, 4.69) is 0 Å². The number of carbonyl (C=O) groups excluding carboxylic acids is 1. The number of ketones is 1. The summed E-state index contributed by atoms with van der Waals surface area (Å²) in [5, 5.41) is 45.4. The maximum atomic E-state index is 12.9. The number of rotatable bonds is 2. The zero-order valence-corrected chi connectivity index (χ0v) is 15.8. The minimum Gasteiger partial charge on any atom is -0.504 e. The Morgan fingerprint density at radius 1 is 1.29 bits per heavy atom. The predicted octanol–water partition coefficient (Wildman–Crippen LogP) is -0.0408. The SMILES string of the molecule is C[N@+]1(CC2CC2)C(O)[C@@H](O)[C@]23c4c5ccc(O)c4O[C@H]2C(=O)CC[C@@]3(O)[C@H]1C5. The normalized spacial score (nSPS) is 48.2. The van der Waals surface area contributed by atoms with Gasteiger partial charge in [0.1, 0.15) is 23.2 Å². The third-order valence-corrected chi connectivity index (χ3v) is 8.43. The number of carbonyl (C=O) groups is 1. The molecule has 1 aromatic rings. The van der Waals surface area contributed by atoms with Crippen molar-refractivity contribution < 1.29 is 34.4 Å². The second-order valence-electron chi connectivity index (χ2n) is 9.76. The predicted molar refractivity (Wildman–Crippen MR) is 96.7 cm³/mol. The average Bonchev–Trinajstić information content (AvgIpc) is 3.38. The lowest BCUT2D eigenvalue weighted by Crippen LogP contribution is -2.88. The number of Topliss-reactive ketones (excluding diaryl/α,β-unsaturated/α-hetero) is 1. The summed E-state index contributed by atoms with van der Waals surface area (Å²) in [7, 11) is 1.93. The van der Waals surface area contributed by atoms with Gasteiger partial charge in [0, 0.05) is 24.3 Å². The van der Waals surface area contributed by atoms with Crippen LogP contribution >= 0.6 is 0 Å². The molecule has 6 rings (SSSR count). The number of phenolic OH excluding ortho intramolecular Hbond substituents is 1. The van der Waals surface area contributed by atoms with Crippen molar-refractivity contribution in [1.29, 1.82) is 0 Å². The molecule has 7 nitrogen and oxygen atoms in total. The third-order valence-electron chi connectivity index (χ3n) is 8.43. The van der Waals surface area contributed by atoms with Gasteiger partial charge in [-0.1, -0.05) is 6.07 Å². The van der Waals surface area contributed by atoms with Crippen LogP contribution < -0.4 is 4.74 Å². The van der Waals surface area contributed by atoms with Gasteiger partial charge in [0.2, 0.25) is 6.23 Å². The van der Waals surface area contributed by atoms with Gasteiger partial charge in [-0.3, -0.25) is 9.28 Å². The molecule has 0 radical (unpaired) electrons. The molecule has 2 heterocycles. The maximum Gasteiger partial charge on any atom is 0.218 e. The molecular formula is C21H26NO6+. The Kier molecular flexibility index (Phi) is 3.01. The van der Waals surface area contributed by atoms with Crippen molar-refractivity contribution in [2.45, 2.75) is 67.6 Å². The molecule has 4 N–H and O–H groups in total. The van der Waals surface area contributed by atoms with Crippen molar-refractivity contribution in [3.63, 3.8) is 0 Å². The first-order valence-electron chi connectivity index (χ1n) is 10.2. The quantitative estimate of drug-likeness (QED) is 0.530. The molecule has 1 saturated heterocycles. The number of nitrogens with zero attached hydrogens (tertiary/aromatic N) is 1. The van der Waals surface area contributed by atoms with Crippen molar-refractivity contribution in [3.05, 3.63) is 23.3 Å². The molecule has 2 saturated carbocycles. The van der Waals surface area contributed by atoms with E-state index in [4.69, 9.17) is 4.74 Å². The molecule has 1 unspecified atom stereocenters. The van der Waals surface area contributed by atoms with E-state index in [1.807, 2.05) is 7.05 Å². The van der Waals surface area contributed by atoms with Crippen LogP contribution in [0.2, 0.25) is 0 Å². The summed E-state index contributed by atoms with van der Waals surface area (Å²) in [5.41, 5.74) is -1.42. The first-order valence-corrected chi connectivity index (χ1v) is 10.2. The lowest BCUT2D eigenvalue weighted by atomic mass is 9.47. The van der Waals surface area contributed by atoms with Gasteiger partial charge in [0.05, 0.1) is 13.6 Å². The lowest BCUT2D eigenvalue weighted by Gasteiger charge is -2.67. The zero-order valence-electron chi connectivity index (χ0n) is 15.8. The Morgan fingerprint density at radius 3 is 2.75 bits per heavy atom. The Bertz CT molecular complexity index is 914. The van der Waals surface area contributed by atoms with Crippen molar-refractivity contribution in [2.24, 2.45) is 5.92 Å². The monoisotopic (exact) mass is 388 g/mol. The fraction of sp³-hybridized carbons (Fsp3) is 0.667. The number of aliphatic hydroxyl groups is 3. The second kappa shape index (κ2) is 4.90. The van der Waals surface area contributed by atoms with Crippen LogP contribution in [0.1, 0.15) is 36.8 Å². The summed E-state index contributed by atoms with van der Waals surface area (Å²) in [6, 6.07) is 3.01. The average molecular weight is 388 g/mol. The maximum absolute atomic E-state index is 12.9. The minimum atomic E-state index is -1.44. The van der Waals surface area contributed by atoms with Crippen molar-refractivity contribution >= 4 is 5.78 Å². The van der Waals surface area contributed by atoms with Gasteiger partial charge in [-0.05, 0) is 30.9 Å². The minimum absolute atomic E-state index is 0.0985. The van der Waals surface area contributed by atoms with Crippen LogP contribution in [0.3, 0.4) is 0 Å². The summed E-state index contributed by atoms with van der Waals surface area (Å²) < 4.78 is 6.11. The van der Waals surface area contributed by atoms with Crippen LogP contribution in [-0.4, -0.2) is 74.4 Å². The number of hydrogen-bond donors (Lipinski definition) is 4. The van der Waals surface area contributed by atoms with Gasteiger partial charge in [-0.25, -0.2) is 0 Å². The highest BCUT2D eigenvalue weighted by molar-refractivity contribution is 5.90. The Morgan fingerprint density at radius 2 is 2.04 bits per heavy atom. The Hall–Kier alpha value is -1.67. The molecule has 1 aromatic carbocycles. The van der Waals surface area contributed by atoms with Crippen molar-refractivity contribution in [2.75, 3.05) is 13.6 Å². The van der Waals surface area contributed by atoms with E-state index < -0.39 is 29.5 Å². The van der Waals surface area contributed by atoms with Gasteiger partial charge in [0.15, 0.2) is 23.4 Å². The van der Waals surface area contributed by atoms with Crippen LogP contribution in [0.5, 0.6) is 11.5 Å². The number of benzene rings is 1. The van der Waals surface area contributed by atoms with Crippen LogP contribution in [0, 0.1) is 5.92 Å². The summed E-state index contributed by atoms with van der Waals surface area (Å²) in [5.74, 6) is 0.372. The Labute approximate surface area is 162 Å². The number of hydrogen-bond acceptors (Lipinski definition) is 6. The second-order valence-corrected chi connectivity index (χ2v) is 9.76. The number of ether oxygens (including phenoxy) is 1. The number of phenols is 1. The number of quaternary nitrogens is 1. The molecule has 7 atom stereocenters. The number of piperidine rings is 1. The molecule has 150 valence electrons. The molecule has 0 amide bonds. The van der Waals surface area contributed by atoms with E-state index in [1.54, 1.807) is 12.1 Å². The van der Waals surface area contributed by atoms with E-state index in [-0.39, 0.29) is 40.6 Å². The zero-order chi connectivity index (χ0) is 19.6. The number of likely N-dealkylation sites (tertiary alicyclic amines) is 1. The smallest absolute Gasteiger partial charge is 0.218 e. The summed E-state index contributed by atoms with van der Waals surface area (Å²) in [4.78, 5) is 12.9. The number of aromatic hydroxyl groups is 1. The van der Waals surface area contributed by atoms with Gasteiger partial charge in [0.25, 0.3) is 0 Å². The van der Waals surface area contributed by atoms with Crippen LogP contribution in [0.25, 0.3) is 0 Å². The third kappa shape index (κ3) is 1.62. The molecule has 28 heavy (non-hydrogen) atoms. The highest BCUT2D eigenvalue weighted by Gasteiger charge is 2.82. The largest absolute Gasteiger partial charge is 0.504 e. The Balaban J connectivity index is 1.66. The van der Waals surface area contributed by atoms with Gasteiger partial charge in [-0.2, -0.15) is 0 Å². The van der Waals surface area contributed by atoms with Crippen LogP contribution in [0.15, 0.2) is 12.1 Å². The van der Waals surface area contributed by atoms with Crippen LogP contribution in [0.4, 0.5) is 0 Å². The highest BCUT2D eigenvalue weighted by Crippen LogP contribution is 2.66.